The van der Waals surface area contributed by atoms with Gasteiger partial charge in [0, 0.05) is 37.0 Å². The van der Waals surface area contributed by atoms with Gasteiger partial charge in [0.05, 0.1) is 11.4 Å². The molecule has 7 aromatic carbocycles. The maximum atomic E-state index is 6.77. The zero-order valence-electron chi connectivity index (χ0n) is 27.9. The van der Waals surface area contributed by atoms with Crippen molar-refractivity contribution in [3.63, 3.8) is 0 Å². The van der Waals surface area contributed by atoms with Gasteiger partial charge in [-0.1, -0.05) is 72.8 Å². The molecule has 2 aromatic heterocycles. The maximum Gasteiger partial charge on any atom is 0.227 e. The molecule has 51 heavy (non-hydrogen) atoms. The Balaban J connectivity index is 1.12. The number of oxazole rings is 1. The molecule has 0 saturated carbocycles. The molecule has 0 unspecified atom stereocenters. The highest BCUT2D eigenvalue weighted by molar-refractivity contribution is 7.26. The number of rotatable bonds is 5. The van der Waals surface area contributed by atoms with Crippen LogP contribution in [-0.2, 0) is 0 Å². The summed E-state index contributed by atoms with van der Waals surface area (Å²) in [6, 6.07) is 48.2. The molecule has 0 spiro atoms. The molecular weight excluding hydrogens is 649 g/mol. The van der Waals surface area contributed by atoms with Gasteiger partial charge in [-0.3, -0.25) is 0 Å². The van der Waals surface area contributed by atoms with Gasteiger partial charge in [0.1, 0.15) is 17.0 Å². The third-order valence-electron chi connectivity index (χ3n) is 9.63. The fourth-order valence-corrected chi connectivity index (χ4v) is 8.35. The second-order valence-electron chi connectivity index (χ2n) is 12.8. The molecule has 0 atom stereocenters. The molecule has 10 rings (SSSR count). The van der Waals surface area contributed by atoms with E-state index in [1.165, 1.54) is 30.9 Å². The smallest absolute Gasteiger partial charge is 0.227 e. The number of hydrogen-bond donors (Lipinski definition) is 0. The Bertz CT molecular complexity index is 2830. The number of anilines is 3. The molecule has 1 aliphatic heterocycles. The Morgan fingerprint density at radius 2 is 1.51 bits per heavy atom. The van der Waals surface area contributed by atoms with Crippen molar-refractivity contribution in [2.24, 2.45) is 0 Å². The maximum absolute atomic E-state index is 6.77. The minimum atomic E-state index is 0.551. The quantitative estimate of drug-likeness (QED) is 0.170. The topological polar surface area (TPSA) is 47.7 Å². The van der Waals surface area contributed by atoms with E-state index in [2.05, 4.69) is 103 Å². The van der Waals surface area contributed by atoms with Gasteiger partial charge < -0.3 is 18.8 Å². The molecule has 9 aromatic rings. The van der Waals surface area contributed by atoms with Crippen LogP contribution in [0.4, 0.5) is 17.1 Å². The molecule has 0 N–H and O–H groups in total. The van der Waals surface area contributed by atoms with Crippen molar-refractivity contribution in [2.45, 2.75) is 13.8 Å². The predicted octanol–water partition coefficient (Wildman–Crippen LogP) is 13.3. The summed E-state index contributed by atoms with van der Waals surface area (Å²) < 4.78 is 21.9. The Labute approximate surface area is 298 Å². The van der Waals surface area contributed by atoms with Gasteiger partial charge in [-0.2, -0.15) is 0 Å². The summed E-state index contributed by atoms with van der Waals surface area (Å²) in [4.78, 5) is 7.05. The van der Waals surface area contributed by atoms with E-state index in [-0.39, 0.29) is 0 Å². The fourth-order valence-electron chi connectivity index (χ4n) is 7.08. The highest BCUT2D eigenvalue weighted by Gasteiger charge is 2.28. The summed E-state index contributed by atoms with van der Waals surface area (Å²) in [6.45, 7) is 4.04. The van der Waals surface area contributed by atoms with Crippen LogP contribution in [0, 0.1) is 6.92 Å². The lowest BCUT2D eigenvalue weighted by Crippen LogP contribution is -2.16. The molecule has 6 heteroatoms. The Hall–Kier alpha value is -6.37. The molecular formula is C45H30N2O3S. The van der Waals surface area contributed by atoms with Crippen LogP contribution in [0.5, 0.6) is 17.2 Å². The number of allylic oxidation sites excluding steroid dienone is 1. The van der Waals surface area contributed by atoms with Crippen LogP contribution in [0.3, 0.4) is 0 Å². The monoisotopic (exact) mass is 678 g/mol. The van der Waals surface area contributed by atoms with E-state index in [4.69, 9.17) is 18.9 Å². The number of aromatic nitrogens is 1. The van der Waals surface area contributed by atoms with E-state index in [0.717, 1.165) is 62.1 Å². The molecule has 0 aliphatic carbocycles. The fraction of sp³-hybridized carbons (Fsp3) is 0.0444. The molecule has 0 amide bonds. The van der Waals surface area contributed by atoms with Crippen molar-refractivity contribution in [3.05, 3.63) is 157 Å². The average Bonchev–Trinajstić information content (AvgIpc) is 3.78. The number of benzene rings is 7. The summed E-state index contributed by atoms with van der Waals surface area (Å²) >= 11 is 1.84. The van der Waals surface area contributed by atoms with E-state index >= 15 is 0 Å². The molecule has 3 heterocycles. The van der Waals surface area contributed by atoms with E-state index in [0.29, 0.717) is 11.6 Å². The van der Waals surface area contributed by atoms with Gasteiger partial charge in [-0.15, -0.1) is 11.3 Å². The van der Waals surface area contributed by atoms with Gasteiger partial charge in [0.2, 0.25) is 5.89 Å². The van der Waals surface area contributed by atoms with Crippen LogP contribution in [0.15, 0.2) is 150 Å². The van der Waals surface area contributed by atoms with Gasteiger partial charge in [0.15, 0.2) is 17.1 Å². The van der Waals surface area contributed by atoms with E-state index in [1.807, 2.05) is 72.9 Å². The third-order valence-corrected chi connectivity index (χ3v) is 10.8. The molecule has 0 fully saturated rings. The standard InChI is InChI=1S/C45H30N2O3S/c1-3-38(48-39-14-8-4-10-27(39)2)29-17-22-36-41(24-29)49-42-25-30(45-46-35-13-7-9-15-40(35)50-45)18-23-37(42)47(36)31-19-21-33-34-20-16-28-11-5-6-12-32(28)44(34)51-43(33)26-31/h3-26H,1-2H3/b38-3-. The lowest BCUT2D eigenvalue weighted by Gasteiger charge is -2.33. The van der Waals surface area contributed by atoms with Gasteiger partial charge in [0.25, 0.3) is 0 Å². The molecule has 244 valence electrons. The zero-order chi connectivity index (χ0) is 34.1. The normalized spacial score (nSPS) is 12.7. The van der Waals surface area contributed by atoms with E-state index in [1.54, 1.807) is 0 Å². The van der Waals surface area contributed by atoms with Crippen molar-refractivity contribution >= 4 is 76.2 Å². The van der Waals surface area contributed by atoms with Crippen molar-refractivity contribution < 1.29 is 13.9 Å². The summed E-state index contributed by atoms with van der Waals surface area (Å²) in [5, 5.41) is 5.08. The van der Waals surface area contributed by atoms with Crippen LogP contribution < -0.4 is 14.4 Å². The number of hydrogen-bond acceptors (Lipinski definition) is 6. The number of aryl methyl sites for hydroxylation is 1. The molecule has 0 saturated heterocycles. The minimum absolute atomic E-state index is 0.551. The predicted molar refractivity (Wildman–Crippen MR) is 210 cm³/mol. The molecule has 0 bridgehead atoms. The van der Waals surface area contributed by atoms with Crippen LogP contribution in [0.1, 0.15) is 18.1 Å². The van der Waals surface area contributed by atoms with E-state index < -0.39 is 0 Å². The highest BCUT2D eigenvalue weighted by Crippen LogP contribution is 2.53. The number of ether oxygens (including phenoxy) is 2. The van der Waals surface area contributed by atoms with Crippen LogP contribution in [0.2, 0.25) is 0 Å². The first-order valence-corrected chi connectivity index (χ1v) is 17.8. The van der Waals surface area contributed by atoms with Crippen molar-refractivity contribution in [1.82, 2.24) is 4.98 Å². The lowest BCUT2D eigenvalue weighted by molar-refractivity contribution is 0.474. The first kappa shape index (κ1) is 29.5. The van der Waals surface area contributed by atoms with Gasteiger partial charge >= 0.3 is 0 Å². The largest absolute Gasteiger partial charge is 0.457 e. The Morgan fingerprint density at radius 3 is 2.39 bits per heavy atom. The van der Waals surface area contributed by atoms with E-state index in [9.17, 15) is 0 Å². The third kappa shape index (κ3) is 4.87. The average molecular weight is 679 g/mol. The Morgan fingerprint density at radius 1 is 0.725 bits per heavy atom. The molecule has 5 nitrogen and oxygen atoms in total. The number of fused-ring (bicyclic) bond motifs is 8. The molecule has 0 radical (unpaired) electrons. The summed E-state index contributed by atoms with van der Waals surface area (Å²) in [5.41, 5.74) is 7.33. The van der Waals surface area contributed by atoms with Crippen LogP contribution in [0.25, 0.3) is 59.3 Å². The second-order valence-corrected chi connectivity index (χ2v) is 13.8. The molecule has 1 aliphatic rings. The Kier molecular flexibility index (Phi) is 6.73. The zero-order valence-corrected chi connectivity index (χ0v) is 28.7. The summed E-state index contributed by atoms with van der Waals surface area (Å²) in [6.07, 6.45) is 1.99. The van der Waals surface area contributed by atoms with Crippen molar-refractivity contribution in [3.8, 4) is 28.7 Å². The SMILES string of the molecule is C/C=C(\Oc1ccccc1C)c1ccc2c(c1)Oc1cc(-c3nc4ccccc4o3)ccc1N2c1ccc2c(c1)sc1c3ccccc3ccc21. The van der Waals surface area contributed by atoms with Gasteiger partial charge in [-0.25, -0.2) is 4.98 Å². The lowest BCUT2D eigenvalue weighted by atomic mass is 10.0. The minimum Gasteiger partial charge on any atom is -0.457 e. The van der Waals surface area contributed by atoms with Crippen molar-refractivity contribution in [2.75, 3.05) is 4.90 Å². The summed E-state index contributed by atoms with van der Waals surface area (Å²) in [7, 11) is 0. The number of nitrogens with zero attached hydrogens (tertiary/aromatic N) is 2. The highest BCUT2D eigenvalue weighted by atomic mass is 32.1. The van der Waals surface area contributed by atoms with Gasteiger partial charge in [-0.05, 0) is 103 Å². The first-order valence-electron chi connectivity index (χ1n) is 17.0. The van der Waals surface area contributed by atoms with Crippen molar-refractivity contribution in [1.29, 1.82) is 0 Å². The van der Waals surface area contributed by atoms with Crippen LogP contribution in [-0.4, -0.2) is 4.98 Å². The summed E-state index contributed by atoms with van der Waals surface area (Å²) in [5.74, 6) is 3.57. The second kappa shape index (κ2) is 11.6. The van der Waals surface area contributed by atoms with Crippen LogP contribution >= 0.6 is 11.3 Å². The first-order chi connectivity index (χ1) is 25.1. The number of thiophene rings is 1. The number of para-hydroxylation sites is 3.